The second kappa shape index (κ2) is 5.78. The van der Waals surface area contributed by atoms with E-state index in [0.29, 0.717) is 6.42 Å². The van der Waals surface area contributed by atoms with Crippen molar-refractivity contribution in [3.8, 4) is 0 Å². The lowest BCUT2D eigenvalue weighted by Gasteiger charge is -2.09. The van der Waals surface area contributed by atoms with E-state index in [0.717, 1.165) is 18.2 Å². The predicted molar refractivity (Wildman–Crippen MR) is 64.2 cm³/mol. The van der Waals surface area contributed by atoms with Crippen molar-refractivity contribution in [3.05, 3.63) is 29.6 Å². The van der Waals surface area contributed by atoms with Crippen LogP contribution in [0.4, 0.5) is 10.1 Å². The molecule has 3 N–H and O–H groups in total. The SMILES string of the molecule is CCCNS(=O)(=O)Nc1ccc(F)c(C(=O)O)c1. The fourth-order valence-corrected chi connectivity index (χ4v) is 2.16. The van der Waals surface area contributed by atoms with Gasteiger partial charge in [0.2, 0.25) is 0 Å². The molecule has 18 heavy (non-hydrogen) atoms. The van der Waals surface area contributed by atoms with Crippen LogP contribution < -0.4 is 9.44 Å². The van der Waals surface area contributed by atoms with E-state index in [1.54, 1.807) is 6.92 Å². The molecule has 0 radical (unpaired) electrons. The zero-order chi connectivity index (χ0) is 13.8. The molecule has 0 aliphatic carbocycles. The number of carboxylic acid groups (broad SMARTS) is 1. The summed E-state index contributed by atoms with van der Waals surface area (Å²) in [7, 11) is -3.77. The fourth-order valence-electron chi connectivity index (χ4n) is 1.18. The van der Waals surface area contributed by atoms with Crippen LogP contribution in [0.5, 0.6) is 0 Å². The molecule has 0 saturated carbocycles. The molecule has 0 atom stereocenters. The van der Waals surface area contributed by atoms with Gasteiger partial charge < -0.3 is 5.11 Å². The number of hydrogen-bond donors (Lipinski definition) is 3. The van der Waals surface area contributed by atoms with Crippen molar-refractivity contribution >= 4 is 21.9 Å². The van der Waals surface area contributed by atoms with Crippen molar-refractivity contribution in [2.45, 2.75) is 13.3 Å². The van der Waals surface area contributed by atoms with Gasteiger partial charge in [0.05, 0.1) is 11.3 Å². The van der Waals surface area contributed by atoms with E-state index in [-0.39, 0.29) is 12.2 Å². The van der Waals surface area contributed by atoms with Crippen LogP contribution in [0.25, 0.3) is 0 Å². The lowest BCUT2D eigenvalue weighted by Crippen LogP contribution is -2.30. The lowest BCUT2D eigenvalue weighted by atomic mass is 10.2. The molecule has 6 nitrogen and oxygen atoms in total. The summed E-state index contributed by atoms with van der Waals surface area (Å²) < 4.78 is 40.4. The van der Waals surface area contributed by atoms with Crippen molar-refractivity contribution in [2.75, 3.05) is 11.3 Å². The topological polar surface area (TPSA) is 95.5 Å². The van der Waals surface area contributed by atoms with Gasteiger partial charge in [-0.25, -0.2) is 9.18 Å². The molecule has 0 fully saturated rings. The highest BCUT2D eigenvalue weighted by atomic mass is 32.2. The maximum atomic E-state index is 13.1. The van der Waals surface area contributed by atoms with Crippen molar-refractivity contribution < 1.29 is 22.7 Å². The molecule has 1 aromatic rings. The summed E-state index contributed by atoms with van der Waals surface area (Å²) in [6.45, 7) is 2.05. The minimum atomic E-state index is -3.77. The molecular formula is C10H13FN2O4S. The fraction of sp³-hybridized carbons (Fsp3) is 0.300. The summed E-state index contributed by atoms with van der Waals surface area (Å²) in [5.74, 6) is -2.39. The van der Waals surface area contributed by atoms with Gasteiger partial charge in [-0.2, -0.15) is 13.1 Å². The first-order valence-electron chi connectivity index (χ1n) is 5.16. The predicted octanol–water partition coefficient (Wildman–Crippen LogP) is 1.18. The Balaban J connectivity index is 2.92. The zero-order valence-electron chi connectivity index (χ0n) is 9.60. The maximum absolute atomic E-state index is 13.1. The van der Waals surface area contributed by atoms with Crippen molar-refractivity contribution in [1.82, 2.24) is 4.72 Å². The highest BCUT2D eigenvalue weighted by Crippen LogP contribution is 2.15. The Hall–Kier alpha value is -1.67. The summed E-state index contributed by atoms with van der Waals surface area (Å²) in [5, 5.41) is 8.70. The number of aromatic carboxylic acids is 1. The van der Waals surface area contributed by atoms with Gasteiger partial charge in [0, 0.05) is 6.54 Å². The second-order valence-corrected chi connectivity index (χ2v) is 5.00. The van der Waals surface area contributed by atoms with Gasteiger partial charge in [-0.05, 0) is 24.6 Å². The van der Waals surface area contributed by atoms with Gasteiger partial charge in [0.25, 0.3) is 10.2 Å². The van der Waals surface area contributed by atoms with Crippen LogP contribution in [-0.2, 0) is 10.2 Å². The Kier molecular flexibility index (Phi) is 4.62. The number of hydrogen-bond acceptors (Lipinski definition) is 3. The first kappa shape index (κ1) is 14.4. The van der Waals surface area contributed by atoms with Crippen LogP contribution in [0.3, 0.4) is 0 Å². The highest BCUT2D eigenvalue weighted by molar-refractivity contribution is 7.90. The second-order valence-electron chi connectivity index (χ2n) is 3.50. The molecule has 0 amide bonds. The Morgan fingerprint density at radius 3 is 2.67 bits per heavy atom. The highest BCUT2D eigenvalue weighted by Gasteiger charge is 2.14. The Morgan fingerprint density at radius 1 is 1.44 bits per heavy atom. The molecule has 0 aliphatic heterocycles. The van der Waals surface area contributed by atoms with Crippen LogP contribution in [0.2, 0.25) is 0 Å². The van der Waals surface area contributed by atoms with E-state index in [4.69, 9.17) is 5.11 Å². The summed E-state index contributed by atoms with van der Waals surface area (Å²) in [6, 6.07) is 2.96. The zero-order valence-corrected chi connectivity index (χ0v) is 10.4. The van der Waals surface area contributed by atoms with Crippen molar-refractivity contribution in [2.24, 2.45) is 0 Å². The quantitative estimate of drug-likeness (QED) is 0.727. The summed E-state index contributed by atoms with van der Waals surface area (Å²) in [5.41, 5.74) is -0.608. The van der Waals surface area contributed by atoms with Gasteiger partial charge in [0.1, 0.15) is 5.82 Å². The molecule has 0 saturated heterocycles. The molecule has 0 aliphatic rings. The molecule has 8 heteroatoms. The number of carboxylic acids is 1. The standard InChI is InChI=1S/C10H13FN2O4S/c1-2-5-12-18(16,17)13-7-3-4-9(11)8(6-7)10(14)15/h3-4,6,12-13H,2,5H2,1H3,(H,14,15). The maximum Gasteiger partial charge on any atom is 0.338 e. The molecule has 0 unspecified atom stereocenters. The van der Waals surface area contributed by atoms with E-state index in [1.807, 2.05) is 0 Å². The van der Waals surface area contributed by atoms with Gasteiger partial charge in [0.15, 0.2) is 0 Å². The third-order valence-corrected chi connectivity index (χ3v) is 3.08. The average Bonchev–Trinajstić information content (AvgIpc) is 2.28. The molecule has 0 bridgehead atoms. The third kappa shape index (κ3) is 3.97. The van der Waals surface area contributed by atoms with Crippen LogP contribution in [0.1, 0.15) is 23.7 Å². The van der Waals surface area contributed by atoms with Gasteiger partial charge >= 0.3 is 5.97 Å². The minimum Gasteiger partial charge on any atom is -0.478 e. The Morgan fingerprint density at radius 2 is 2.11 bits per heavy atom. The van der Waals surface area contributed by atoms with E-state index in [9.17, 15) is 17.6 Å². The Labute approximate surface area is 104 Å². The first-order valence-corrected chi connectivity index (χ1v) is 6.64. The molecule has 1 rings (SSSR count). The van der Waals surface area contributed by atoms with E-state index < -0.39 is 27.6 Å². The summed E-state index contributed by atoms with van der Waals surface area (Å²) in [6.07, 6.45) is 0.616. The Bertz CT molecular complexity index is 545. The van der Waals surface area contributed by atoms with Gasteiger partial charge in [-0.3, -0.25) is 4.72 Å². The first-order chi connectivity index (χ1) is 8.35. The van der Waals surface area contributed by atoms with E-state index in [1.165, 1.54) is 0 Å². The number of carbonyl (C=O) groups is 1. The molecule has 0 aromatic heterocycles. The molecule has 0 heterocycles. The van der Waals surface area contributed by atoms with Gasteiger partial charge in [-0.15, -0.1) is 0 Å². The number of nitrogens with one attached hydrogen (secondary N) is 2. The summed E-state index contributed by atoms with van der Waals surface area (Å²) in [4.78, 5) is 10.7. The molecular weight excluding hydrogens is 263 g/mol. The smallest absolute Gasteiger partial charge is 0.338 e. The minimum absolute atomic E-state index is 0.0163. The monoisotopic (exact) mass is 276 g/mol. The van der Waals surface area contributed by atoms with E-state index in [2.05, 4.69) is 9.44 Å². The number of rotatable bonds is 6. The van der Waals surface area contributed by atoms with Gasteiger partial charge in [-0.1, -0.05) is 6.92 Å². The summed E-state index contributed by atoms with van der Waals surface area (Å²) >= 11 is 0. The lowest BCUT2D eigenvalue weighted by molar-refractivity contribution is 0.0692. The third-order valence-electron chi connectivity index (χ3n) is 1.99. The largest absolute Gasteiger partial charge is 0.478 e. The number of halogens is 1. The normalized spacial score (nSPS) is 11.2. The molecule has 100 valence electrons. The molecule has 1 aromatic carbocycles. The molecule has 0 spiro atoms. The van der Waals surface area contributed by atoms with Crippen LogP contribution in [0, 0.1) is 5.82 Å². The van der Waals surface area contributed by atoms with Crippen LogP contribution in [0.15, 0.2) is 18.2 Å². The van der Waals surface area contributed by atoms with E-state index >= 15 is 0 Å². The number of benzene rings is 1. The number of anilines is 1. The van der Waals surface area contributed by atoms with Crippen LogP contribution in [-0.4, -0.2) is 26.0 Å². The van der Waals surface area contributed by atoms with Crippen molar-refractivity contribution in [1.29, 1.82) is 0 Å². The average molecular weight is 276 g/mol. The van der Waals surface area contributed by atoms with Crippen molar-refractivity contribution in [3.63, 3.8) is 0 Å². The van der Waals surface area contributed by atoms with Crippen LogP contribution >= 0.6 is 0 Å².